The van der Waals surface area contributed by atoms with Crippen LogP contribution < -0.4 is 31.9 Å². The van der Waals surface area contributed by atoms with Crippen LogP contribution in [-0.4, -0.2) is 160 Å². The molecule has 27 heteroatoms. The molecule has 8 atom stereocenters. The fourth-order valence-corrected chi connectivity index (χ4v) is 9.70. The molecule has 0 unspecified atom stereocenters. The maximum Gasteiger partial charge on any atom is 0.252 e. The zero-order chi connectivity index (χ0) is 46.2. The second-order valence-electron chi connectivity index (χ2n) is 16.8. The summed E-state index contributed by atoms with van der Waals surface area (Å²) < 4.78 is 15.0. The van der Waals surface area contributed by atoms with Crippen LogP contribution in [0.3, 0.4) is 0 Å². The van der Waals surface area contributed by atoms with E-state index in [0.717, 1.165) is 51.4 Å². The number of nitrogens with zero attached hydrogens (tertiary/aromatic N) is 11. The lowest BCUT2D eigenvalue weighted by Crippen LogP contribution is -2.42. The van der Waals surface area contributed by atoms with Crippen molar-refractivity contribution in [1.29, 1.82) is 0 Å². The van der Waals surface area contributed by atoms with Gasteiger partial charge in [0, 0.05) is 59.8 Å². The zero-order valence-electron chi connectivity index (χ0n) is 35.8. The number of aliphatic hydroxyl groups excluding tert-OH is 4. The minimum absolute atomic E-state index is 0.0429. The molecule has 5 aromatic rings. The van der Waals surface area contributed by atoms with Gasteiger partial charge in [0.1, 0.15) is 30.7 Å². The second-order valence-corrected chi connectivity index (χ2v) is 18.1. The Morgan fingerprint density at radius 2 is 1.05 bits per heavy atom. The molecule has 0 bridgehead atoms. The number of ether oxygens (including phenoxy) is 2. The number of rotatable bonds is 14. The SMILES string of the molecule is CCNC(=O)[C@H]1O[C@@H](n2cnc3c(NC4CCC(Nc5ncnc(NC6CCC(Nc7nc(I)nc8c7ncn8[C@@H]7O[C@H](C(=O)NCC)[C@@H](O)[C@H]7O)CC6)n5)CC4)nc(Cl)nc32)[C@H](O)[C@@H]1O. The Kier molecular flexibility index (Phi) is 13.8. The lowest BCUT2D eigenvalue weighted by molar-refractivity contribution is -0.138. The van der Waals surface area contributed by atoms with Crippen LogP contribution in [0.15, 0.2) is 19.0 Å². The van der Waals surface area contributed by atoms with E-state index in [2.05, 4.69) is 76.8 Å². The monoisotopic (exact) mass is 1050 g/mol. The van der Waals surface area contributed by atoms with Crippen molar-refractivity contribution in [3.05, 3.63) is 28.1 Å². The summed E-state index contributed by atoms with van der Waals surface area (Å²) in [5.41, 5.74) is 1.57. The Hall–Kier alpha value is -4.97. The Bertz CT molecular complexity index is 2370. The van der Waals surface area contributed by atoms with Crippen molar-refractivity contribution >= 4 is 91.9 Å². The van der Waals surface area contributed by atoms with Crippen molar-refractivity contribution in [2.45, 2.75) is 138 Å². The minimum atomic E-state index is -1.45. The highest BCUT2D eigenvalue weighted by Gasteiger charge is 2.49. The van der Waals surface area contributed by atoms with Gasteiger partial charge in [-0.15, -0.1) is 0 Å². The highest BCUT2D eigenvalue weighted by atomic mass is 127. The van der Waals surface area contributed by atoms with Crippen LogP contribution in [0.25, 0.3) is 22.3 Å². The summed E-state index contributed by atoms with van der Waals surface area (Å²) in [6, 6.07) is 0.395. The quantitative estimate of drug-likeness (QED) is 0.0537. The molecule has 4 fully saturated rings. The number of halogens is 2. The van der Waals surface area contributed by atoms with Gasteiger partial charge in [0.2, 0.25) is 17.2 Å². The molecule has 10 N–H and O–H groups in total. The van der Waals surface area contributed by atoms with E-state index >= 15 is 0 Å². The van der Waals surface area contributed by atoms with Crippen LogP contribution in [0.1, 0.15) is 77.7 Å². The number of nitrogens with one attached hydrogen (secondary N) is 6. The number of likely N-dealkylation sites (N-methyl/N-ethyl adjacent to an activating group) is 2. The van der Waals surface area contributed by atoms with Crippen LogP contribution >= 0.6 is 34.2 Å². The van der Waals surface area contributed by atoms with Gasteiger partial charge >= 0.3 is 0 Å². The Balaban J connectivity index is 0.759. The molecular weight excluding hydrogens is 997 g/mol. The number of carbonyl (C=O) groups excluding carboxylic acids is 2. The largest absolute Gasteiger partial charge is 0.387 e. The van der Waals surface area contributed by atoms with Crippen molar-refractivity contribution in [3.8, 4) is 0 Å². The van der Waals surface area contributed by atoms with Gasteiger partial charge < -0.3 is 61.8 Å². The van der Waals surface area contributed by atoms with Crippen molar-refractivity contribution < 1.29 is 39.5 Å². The molecule has 66 heavy (non-hydrogen) atoms. The molecule has 25 nitrogen and oxygen atoms in total. The molecule has 354 valence electrons. The number of carbonyl (C=O) groups is 2. The van der Waals surface area contributed by atoms with E-state index in [1.165, 1.54) is 28.1 Å². The van der Waals surface area contributed by atoms with Crippen LogP contribution in [0.4, 0.5) is 23.5 Å². The number of fused-ring (bicyclic) bond motifs is 2. The smallest absolute Gasteiger partial charge is 0.252 e. The molecule has 2 aliphatic heterocycles. The summed E-state index contributed by atoms with van der Waals surface area (Å²) >= 11 is 8.38. The van der Waals surface area contributed by atoms with E-state index in [0.29, 0.717) is 57.1 Å². The first kappa shape index (κ1) is 46.2. The maximum absolute atomic E-state index is 12.5. The first-order valence-electron chi connectivity index (χ1n) is 22.0. The molecule has 5 aromatic heterocycles. The van der Waals surface area contributed by atoms with Gasteiger partial charge in [-0.05, 0) is 76.8 Å². The topological polar surface area (TPSA) is 332 Å². The molecule has 0 radical (unpaired) electrons. The van der Waals surface area contributed by atoms with Crippen molar-refractivity contribution in [1.82, 2.24) is 64.6 Å². The molecule has 2 aliphatic carbocycles. The first-order valence-corrected chi connectivity index (χ1v) is 23.5. The Labute approximate surface area is 395 Å². The average molecular weight is 1050 g/mol. The van der Waals surface area contributed by atoms with Crippen molar-refractivity contribution in [3.63, 3.8) is 0 Å². The first-order chi connectivity index (χ1) is 31.9. The van der Waals surface area contributed by atoms with Gasteiger partial charge in [0.05, 0.1) is 12.7 Å². The maximum atomic E-state index is 12.5. The molecular formula is C39H51ClIN17O8. The summed E-state index contributed by atoms with van der Waals surface area (Å²) in [5.74, 6) is 0.897. The van der Waals surface area contributed by atoms with Gasteiger partial charge in [-0.1, -0.05) is 0 Å². The fraction of sp³-hybridized carbons (Fsp3) is 0.615. The van der Waals surface area contributed by atoms with Crippen LogP contribution in [0.2, 0.25) is 5.28 Å². The van der Waals surface area contributed by atoms with Crippen molar-refractivity contribution in [2.24, 2.45) is 0 Å². The average Bonchev–Trinajstić information content (AvgIpc) is 4.06. The normalized spacial score (nSPS) is 30.1. The van der Waals surface area contributed by atoms with Crippen LogP contribution in [0, 0.1) is 3.83 Å². The van der Waals surface area contributed by atoms with E-state index in [-0.39, 0.29) is 35.1 Å². The summed E-state index contributed by atoms with van der Waals surface area (Å²) in [6.45, 7) is 4.20. The second kappa shape index (κ2) is 19.7. The lowest BCUT2D eigenvalue weighted by Gasteiger charge is -2.30. The highest BCUT2D eigenvalue weighted by Crippen LogP contribution is 2.36. The third kappa shape index (κ3) is 9.45. The Morgan fingerprint density at radius 1 is 0.621 bits per heavy atom. The molecule has 7 heterocycles. The van der Waals surface area contributed by atoms with E-state index in [9.17, 15) is 30.0 Å². The van der Waals surface area contributed by atoms with E-state index < -0.39 is 60.9 Å². The molecule has 2 saturated heterocycles. The standard InChI is InChI=1S/C39H51ClIN17O8/c1-3-42-32(63)26-22(59)24(61)34(65-26)57-14-46-20-28(52-36(40)54-30(20)57)48-16-5-9-18(10-6-16)50-38-44-13-45-39(56-38)51-19-11-7-17(8-12-19)49-29-21-31(55-37(41)53-29)58(15-47-21)35-25(62)23(60)27(66-35)33(64)43-4-2/h13-19,22-27,34-35,59-62H,3-12H2,1-2H3,(H,42,63)(H,43,64)(H,48,52,54)(H,49,53,55)(H2,44,45,50,51,56)/t16?,17?,18?,19?,22-,23-,24+,25+,26-,27-,34+,35+/m0/s1. The van der Waals surface area contributed by atoms with Gasteiger partial charge in [-0.25, -0.2) is 29.9 Å². The fourth-order valence-electron chi connectivity index (χ4n) is 9.07. The van der Waals surface area contributed by atoms with Crippen LogP contribution in [0.5, 0.6) is 0 Å². The van der Waals surface area contributed by atoms with E-state index in [1.807, 2.05) is 22.6 Å². The third-order valence-electron chi connectivity index (χ3n) is 12.4. The number of hydrogen-bond donors (Lipinski definition) is 10. The number of aliphatic hydroxyl groups is 4. The summed E-state index contributed by atoms with van der Waals surface area (Å²) in [7, 11) is 0. The van der Waals surface area contributed by atoms with Gasteiger partial charge in [-0.2, -0.15) is 15.0 Å². The molecule has 4 aliphatic rings. The number of aromatic nitrogens is 11. The predicted molar refractivity (Wildman–Crippen MR) is 244 cm³/mol. The van der Waals surface area contributed by atoms with Crippen LogP contribution in [-0.2, 0) is 19.1 Å². The van der Waals surface area contributed by atoms with Gasteiger partial charge in [0.15, 0.2) is 62.5 Å². The molecule has 9 rings (SSSR count). The highest BCUT2D eigenvalue weighted by molar-refractivity contribution is 14.1. The number of amides is 2. The molecule has 2 saturated carbocycles. The van der Waals surface area contributed by atoms with Crippen molar-refractivity contribution in [2.75, 3.05) is 34.4 Å². The number of hydrogen-bond acceptors (Lipinski definition) is 21. The molecule has 2 amide bonds. The lowest BCUT2D eigenvalue weighted by atomic mass is 9.91. The van der Waals surface area contributed by atoms with Gasteiger partial charge in [-0.3, -0.25) is 18.7 Å². The molecule has 0 aromatic carbocycles. The summed E-state index contributed by atoms with van der Waals surface area (Å²) in [6.07, 6.45) is 0.580. The zero-order valence-corrected chi connectivity index (χ0v) is 38.7. The number of anilines is 4. The Morgan fingerprint density at radius 3 is 1.50 bits per heavy atom. The number of imidazole rings is 2. The minimum Gasteiger partial charge on any atom is -0.387 e. The molecule has 0 spiro atoms. The van der Waals surface area contributed by atoms with Gasteiger partial charge in [0.25, 0.3) is 11.8 Å². The predicted octanol–water partition coefficient (Wildman–Crippen LogP) is 0.590. The van der Waals surface area contributed by atoms with E-state index in [1.54, 1.807) is 13.8 Å². The summed E-state index contributed by atoms with van der Waals surface area (Å²) in [5, 5.41) is 61.9. The summed E-state index contributed by atoms with van der Waals surface area (Å²) in [4.78, 5) is 65.3. The van der Waals surface area contributed by atoms with E-state index in [4.69, 9.17) is 21.1 Å². The third-order valence-corrected chi connectivity index (χ3v) is 13.1.